The first kappa shape index (κ1) is 23.0. The minimum absolute atomic E-state index is 0. The van der Waals surface area contributed by atoms with E-state index in [9.17, 15) is 5.11 Å². The fourth-order valence-corrected chi connectivity index (χ4v) is 3.13. The summed E-state index contributed by atoms with van der Waals surface area (Å²) < 4.78 is 10.9. The number of aliphatic hydroxyl groups is 1. The fourth-order valence-electron chi connectivity index (χ4n) is 3.13. The minimum atomic E-state index is -0.00248. The zero-order valence-electron chi connectivity index (χ0n) is 16.0. The summed E-state index contributed by atoms with van der Waals surface area (Å²) >= 11 is 0. The lowest BCUT2D eigenvalue weighted by molar-refractivity contribution is 0.127. The van der Waals surface area contributed by atoms with Crippen LogP contribution < -0.4 is 15.4 Å². The topological polar surface area (TPSA) is 75.1 Å². The van der Waals surface area contributed by atoms with Crippen molar-refractivity contribution in [2.75, 3.05) is 40.0 Å². The fraction of sp³-hybridized carbons (Fsp3) is 0.632. The smallest absolute Gasteiger partial charge is 0.191 e. The van der Waals surface area contributed by atoms with Crippen molar-refractivity contribution in [3.05, 3.63) is 29.3 Å². The molecule has 1 heterocycles. The molecule has 1 fully saturated rings. The highest BCUT2D eigenvalue weighted by atomic mass is 127. The Balaban J connectivity index is 0.00000338. The summed E-state index contributed by atoms with van der Waals surface area (Å²) in [6.45, 7) is 7.86. The average molecular weight is 477 g/mol. The molecule has 148 valence electrons. The lowest BCUT2D eigenvalue weighted by Gasteiger charge is -2.27. The Morgan fingerprint density at radius 2 is 2.15 bits per heavy atom. The highest BCUT2D eigenvalue weighted by molar-refractivity contribution is 14.0. The molecule has 1 atom stereocenters. The maximum atomic E-state index is 9.35. The molecule has 2 rings (SSSR count). The third kappa shape index (κ3) is 6.92. The highest BCUT2D eigenvalue weighted by Gasteiger charge is 2.34. The van der Waals surface area contributed by atoms with E-state index in [0.29, 0.717) is 13.2 Å². The van der Waals surface area contributed by atoms with Gasteiger partial charge >= 0.3 is 0 Å². The number of aliphatic imine (C=N–C) groups is 1. The van der Waals surface area contributed by atoms with Crippen molar-refractivity contribution in [3.8, 4) is 5.75 Å². The molecule has 0 aliphatic carbocycles. The maximum Gasteiger partial charge on any atom is 0.191 e. The Morgan fingerprint density at radius 1 is 1.35 bits per heavy atom. The number of guanidine groups is 1. The Morgan fingerprint density at radius 3 is 2.77 bits per heavy atom. The third-order valence-electron chi connectivity index (χ3n) is 4.57. The molecule has 1 aromatic rings. The van der Waals surface area contributed by atoms with Gasteiger partial charge in [0.25, 0.3) is 0 Å². The van der Waals surface area contributed by atoms with Crippen LogP contribution in [0.5, 0.6) is 5.75 Å². The zero-order chi connectivity index (χ0) is 18.1. The molecular formula is C19H32IN3O3. The second kappa shape index (κ2) is 11.6. The Bertz CT molecular complexity index is 575. The van der Waals surface area contributed by atoms with Gasteiger partial charge in [0.2, 0.25) is 0 Å². The van der Waals surface area contributed by atoms with Crippen LogP contribution in [0.2, 0.25) is 0 Å². The standard InChI is InChI=1S/C19H31N3O3.HI/c1-4-20-18(22-13-19(5-7-23)6-8-25-14-19)21-12-16-9-15(2)10-17(11-16)24-3;/h9-11,23H,4-8,12-14H2,1-3H3,(H2,20,21,22);1H. The number of nitrogens with zero attached hydrogens (tertiary/aromatic N) is 1. The first-order valence-electron chi connectivity index (χ1n) is 8.96. The summed E-state index contributed by atoms with van der Waals surface area (Å²) in [5.74, 6) is 1.64. The van der Waals surface area contributed by atoms with Gasteiger partial charge in [-0.2, -0.15) is 0 Å². The molecule has 1 aromatic carbocycles. The number of rotatable bonds is 8. The Hall–Kier alpha value is -1.06. The van der Waals surface area contributed by atoms with E-state index in [1.807, 2.05) is 12.1 Å². The van der Waals surface area contributed by atoms with Crippen molar-refractivity contribution in [2.24, 2.45) is 10.4 Å². The van der Waals surface area contributed by atoms with Crippen LogP contribution in [0.15, 0.2) is 23.2 Å². The maximum absolute atomic E-state index is 9.35. The normalized spacial score (nSPS) is 19.8. The molecule has 1 aliphatic rings. The first-order chi connectivity index (χ1) is 12.1. The summed E-state index contributed by atoms with van der Waals surface area (Å²) in [6, 6.07) is 6.14. The van der Waals surface area contributed by atoms with Crippen molar-refractivity contribution in [2.45, 2.75) is 33.2 Å². The van der Waals surface area contributed by atoms with Crippen molar-refractivity contribution in [1.82, 2.24) is 10.6 Å². The van der Waals surface area contributed by atoms with Crippen LogP contribution in [0.25, 0.3) is 0 Å². The van der Waals surface area contributed by atoms with Gasteiger partial charge in [-0.05, 0) is 49.9 Å². The number of halogens is 1. The molecule has 1 unspecified atom stereocenters. The van der Waals surface area contributed by atoms with Gasteiger partial charge < -0.3 is 25.2 Å². The zero-order valence-corrected chi connectivity index (χ0v) is 18.3. The minimum Gasteiger partial charge on any atom is -0.497 e. The van der Waals surface area contributed by atoms with E-state index in [-0.39, 0.29) is 36.0 Å². The molecule has 0 aromatic heterocycles. The summed E-state index contributed by atoms with van der Waals surface area (Å²) in [5, 5.41) is 16.0. The van der Waals surface area contributed by atoms with Crippen LogP contribution >= 0.6 is 24.0 Å². The largest absolute Gasteiger partial charge is 0.497 e. The molecule has 7 heteroatoms. The van der Waals surface area contributed by atoms with E-state index in [1.54, 1.807) is 7.11 Å². The number of ether oxygens (including phenoxy) is 2. The van der Waals surface area contributed by atoms with Gasteiger partial charge in [-0.1, -0.05) is 6.07 Å². The molecule has 0 radical (unpaired) electrons. The van der Waals surface area contributed by atoms with Crippen LogP contribution in [0.3, 0.4) is 0 Å². The number of aliphatic hydroxyl groups excluding tert-OH is 1. The van der Waals surface area contributed by atoms with Gasteiger partial charge in [0.15, 0.2) is 5.96 Å². The highest BCUT2D eigenvalue weighted by Crippen LogP contribution is 2.31. The van der Waals surface area contributed by atoms with Gasteiger partial charge in [0.05, 0.1) is 20.3 Å². The van der Waals surface area contributed by atoms with Crippen LogP contribution in [0.4, 0.5) is 0 Å². The molecule has 3 N–H and O–H groups in total. The number of aryl methyl sites for hydroxylation is 1. The second-order valence-corrected chi connectivity index (χ2v) is 6.68. The quantitative estimate of drug-likeness (QED) is 0.305. The second-order valence-electron chi connectivity index (χ2n) is 6.68. The van der Waals surface area contributed by atoms with Crippen molar-refractivity contribution < 1.29 is 14.6 Å². The molecule has 26 heavy (non-hydrogen) atoms. The van der Waals surface area contributed by atoms with Crippen LogP contribution in [0, 0.1) is 12.3 Å². The summed E-state index contributed by atoms with van der Waals surface area (Å²) in [6.07, 6.45) is 1.71. The predicted octanol–water partition coefficient (Wildman–Crippen LogP) is 2.47. The lowest BCUT2D eigenvalue weighted by atomic mass is 9.84. The number of methoxy groups -OCH3 is 1. The predicted molar refractivity (Wildman–Crippen MR) is 116 cm³/mol. The molecule has 0 saturated carbocycles. The molecule has 1 saturated heterocycles. The lowest BCUT2D eigenvalue weighted by Crippen LogP contribution is -2.44. The van der Waals surface area contributed by atoms with E-state index in [0.717, 1.165) is 55.4 Å². The number of benzene rings is 1. The number of hydrogen-bond donors (Lipinski definition) is 3. The van der Waals surface area contributed by atoms with Crippen molar-refractivity contribution in [3.63, 3.8) is 0 Å². The average Bonchev–Trinajstić information content (AvgIpc) is 3.06. The van der Waals surface area contributed by atoms with Crippen molar-refractivity contribution in [1.29, 1.82) is 0 Å². The summed E-state index contributed by atoms with van der Waals surface area (Å²) in [5.41, 5.74) is 2.27. The van der Waals surface area contributed by atoms with E-state index >= 15 is 0 Å². The van der Waals surface area contributed by atoms with E-state index in [2.05, 4.69) is 35.5 Å². The molecule has 0 bridgehead atoms. The van der Waals surface area contributed by atoms with E-state index in [4.69, 9.17) is 9.47 Å². The molecule has 0 spiro atoms. The number of hydrogen-bond acceptors (Lipinski definition) is 4. The van der Waals surface area contributed by atoms with Crippen LogP contribution in [0.1, 0.15) is 30.9 Å². The molecule has 6 nitrogen and oxygen atoms in total. The first-order valence-corrected chi connectivity index (χ1v) is 8.96. The van der Waals surface area contributed by atoms with E-state index in [1.165, 1.54) is 0 Å². The third-order valence-corrected chi connectivity index (χ3v) is 4.57. The SMILES string of the molecule is CCNC(=NCc1cc(C)cc(OC)c1)NCC1(CCO)CCOC1.I. The monoisotopic (exact) mass is 477 g/mol. The Labute approximate surface area is 173 Å². The van der Waals surface area contributed by atoms with Gasteiger partial charge in [0, 0.05) is 31.7 Å². The molecule has 1 aliphatic heterocycles. The van der Waals surface area contributed by atoms with Crippen LogP contribution in [-0.2, 0) is 11.3 Å². The summed E-state index contributed by atoms with van der Waals surface area (Å²) in [4.78, 5) is 4.69. The van der Waals surface area contributed by atoms with Gasteiger partial charge in [-0.25, -0.2) is 4.99 Å². The molecule has 0 amide bonds. The molecular weight excluding hydrogens is 445 g/mol. The van der Waals surface area contributed by atoms with Crippen LogP contribution in [-0.4, -0.2) is 51.1 Å². The van der Waals surface area contributed by atoms with Crippen molar-refractivity contribution >= 4 is 29.9 Å². The number of nitrogens with one attached hydrogen (secondary N) is 2. The van der Waals surface area contributed by atoms with Gasteiger partial charge in [-0.3, -0.25) is 0 Å². The Kier molecular flexibility index (Phi) is 10.3. The van der Waals surface area contributed by atoms with Gasteiger partial charge in [-0.15, -0.1) is 24.0 Å². The summed E-state index contributed by atoms with van der Waals surface area (Å²) in [7, 11) is 1.68. The van der Waals surface area contributed by atoms with E-state index < -0.39 is 0 Å². The van der Waals surface area contributed by atoms with Gasteiger partial charge in [0.1, 0.15) is 5.75 Å².